The van der Waals surface area contributed by atoms with E-state index in [2.05, 4.69) is 4.72 Å². The summed E-state index contributed by atoms with van der Waals surface area (Å²) in [6.45, 7) is 2.09. The smallest absolute Gasteiger partial charge is 0.303 e. The standard InChI is InChI=1S/C14H18N2O4S/c1-11(6-7-14(17)18)8-9-16-21(19,20)13-5-3-2-4-12(13)10-15/h2-5,11,16H,6-9H2,1H3,(H,17,18). The number of aliphatic carboxylic acids is 1. The summed E-state index contributed by atoms with van der Waals surface area (Å²) in [5.74, 6) is -0.750. The Bertz CT molecular complexity index is 635. The predicted octanol–water partition coefficient (Wildman–Crippen LogP) is 1.73. The van der Waals surface area contributed by atoms with E-state index in [4.69, 9.17) is 10.4 Å². The van der Waals surface area contributed by atoms with E-state index in [-0.39, 0.29) is 29.3 Å². The van der Waals surface area contributed by atoms with Crippen LogP contribution in [-0.2, 0) is 14.8 Å². The van der Waals surface area contributed by atoms with Gasteiger partial charge in [-0.25, -0.2) is 13.1 Å². The van der Waals surface area contributed by atoms with Crippen LogP contribution < -0.4 is 4.72 Å². The molecule has 0 fully saturated rings. The van der Waals surface area contributed by atoms with Gasteiger partial charge in [0.2, 0.25) is 10.0 Å². The minimum absolute atomic E-state index is 0.0364. The molecule has 0 aliphatic heterocycles. The van der Waals surface area contributed by atoms with Crippen LogP contribution in [0.2, 0.25) is 0 Å². The van der Waals surface area contributed by atoms with Gasteiger partial charge in [-0.3, -0.25) is 4.79 Å². The van der Waals surface area contributed by atoms with Gasteiger partial charge >= 0.3 is 5.97 Å². The summed E-state index contributed by atoms with van der Waals surface area (Å²) >= 11 is 0. The lowest BCUT2D eigenvalue weighted by atomic mass is 10.0. The second-order valence-corrected chi connectivity index (χ2v) is 6.57. The molecule has 0 spiro atoms. The number of carbonyl (C=O) groups is 1. The van der Waals surface area contributed by atoms with Crippen molar-refractivity contribution in [1.82, 2.24) is 4.72 Å². The molecule has 6 nitrogen and oxygen atoms in total. The van der Waals surface area contributed by atoms with E-state index in [0.717, 1.165) is 0 Å². The first kappa shape index (κ1) is 17.1. The van der Waals surface area contributed by atoms with Gasteiger partial charge < -0.3 is 5.11 Å². The zero-order valence-electron chi connectivity index (χ0n) is 11.7. The topological polar surface area (TPSA) is 107 Å². The molecule has 0 amide bonds. The molecule has 0 aliphatic rings. The number of nitrogens with one attached hydrogen (secondary N) is 1. The first-order chi connectivity index (χ1) is 9.86. The quantitative estimate of drug-likeness (QED) is 0.760. The Labute approximate surface area is 124 Å². The van der Waals surface area contributed by atoms with Crippen LogP contribution in [0.5, 0.6) is 0 Å². The minimum Gasteiger partial charge on any atom is -0.481 e. The molecule has 0 bridgehead atoms. The molecule has 21 heavy (non-hydrogen) atoms. The normalized spacial score (nSPS) is 12.6. The fraction of sp³-hybridized carbons (Fsp3) is 0.429. The molecule has 0 saturated carbocycles. The molecule has 2 N–H and O–H groups in total. The lowest BCUT2D eigenvalue weighted by Crippen LogP contribution is -2.26. The van der Waals surface area contributed by atoms with Gasteiger partial charge in [0.25, 0.3) is 0 Å². The highest BCUT2D eigenvalue weighted by molar-refractivity contribution is 7.89. The van der Waals surface area contributed by atoms with E-state index in [1.165, 1.54) is 12.1 Å². The van der Waals surface area contributed by atoms with Crippen molar-refractivity contribution >= 4 is 16.0 Å². The third kappa shape index (κ3) is 5.53. The van der Waals surface area contributed by atoms with Crippen molar-refractivity contribution in [2.75, 3.05) is 6.54 Å². The maximum Gasteiger partial charge on any atom is 0.303 e. The van der Waals surface area contributed by atoms with Crippen LogP contribution in [0.3, 0.4) is 0 Å². The molecule has 0 radical (unpaired) electrons. The van der Waals surface area contributed by atoms with Crippen LogP contribution in [0.1, 0.15) is 31.7 Å². The third-order valence-corrected chi connectivity index (χ3v) is 4.60. The highest BCUT2D eigenvalue weighted by Crippen LogP contribution is 2.15. The van der Waals surface area contributed by atoms with Gasteiger partial charge in [-0.1, -0.05) is 19.1 Å². The van der Waals surface area contributed by atoms with Crippen molar-refractivity contribution in [3.63, 3.8) is 0 Å². The Morgan fingerprint density at radius 1 is 1.38 bits per heavy atom. The van der Waals surface area contributed by atoms with E-state index in [1.54, 1.807) is 12.1 Å². The number of carboxylic acid groups (broad SMARTS) is 1. The molecule has 0 aromatic heterocycles. The maximum atomic E-state index is 12.1. The summed E-state index contributed by atoms with van der Waals surface area (Å²) in [6, 6.07) is 7.84. The minimum atomic E-state index is -3.72. The number of hydrogen-bond acceptors (Lipinski definition) is 4. The molecule has 1 unspecified atom stereocenters. The van der Waals surface area contributed by atoms with Gasteiger partial charge in [0.1, 0.15) is 6.07 Å². The predicted molar refractivity (Wildman–Crippen MR) is 77.0 cm³/mol. The van der Waals surface area contributed by atoms with Crippen molar-refractivity contribution in [2.24, 2.45) is 5.92 Å². The largest absolute Gasteiger partial charge is 0.481 e. The Kier molecular flexibility index (Phi) is 6.34. The number of rotatable bonds is 8. The van der Waals surface area contributed by atoms with E-state index < -0.39 is 16.0 Å². The third-order valence-electron chi connectivity index (χ3n) is 3.08. The Morgan fingerprint density at radius 2 is 2.05 bits per heavy atom. The number of nitrogens with zero attached hydrogens (tertiary/aromatic N) is 1. The second kappa shape index (κ2) is 7.76. The van der Waals surface area contributed by atoms with Gasteiger partial charge in [-0.05, 0) is 30.9 Å². The lowest BCUT2D eigenvalue weighted by molar-refractivity contribution is -0.137. The molecule has 1 aromatic rings. The first-order valence-electron chi connectivity index (χ1n) is 6.57. The fourth-order valence-corrected chi connectivity index (χ4v) is 3.03. The highest BCUT2D eigenvalue weighted by atomic mass is 32.2. The van der Waals surface area contributed by atoms with Crippen molar-refractivity contribution in [3.05, 3.63) is 29.8 Å². The molecule has 0 aliphatic carbocycles. The highest BCUT2D eigenvalue weighted by Gasteiger charge is 2.17. The Morgan fingerprint density at radius 3 is 2.67 bits per heavy atom. The van der Waals surface area contributed by atoms with E-state index in [9.17, 15) is 13.2 Å². The molecule has 0 heterocycles. The summed E-state index contributed by atoms with van der Waals surface area (Å²) in [4.78, 5) is 10.4. The van der Waals surface area contributed by atoms with Crippen LogP contribution in [0.4, 0.5) is 0 Å². The van der Waals surface area contributed by atoms with Gasteiger partial charge in [0.05, 0.1) is 10.5 Å². The average Bonchev–Trinajstić information content (AvgIpc) is 2.44. The molecule has 114 valence electrons. The van der Waals surface area contributed by atoms with Gasteiger partial charge in [-0.15, -0.1) is 0 Å². The van der Waals surface area contributed by atoms with Gasteiger partial charge in [0, 0.05) is 13.0 Å². The molecule has 1 rings (SSSR count). The number of carboxylic acids is 1. The van der Waals surface area contributed by atoms with Crippen LogP contribution in [0.15, 0.2) is 29.2 Å². The fourth-order valence-electron chi connectivity index (χ4n) is 1.82. The average molecular weight is 310 g/mol. The second-order valence-electron chi connectivity index (χ2n) is 4.83. The van der Waals surface area contributed by atoms with Gasteiger partial charge in [0.15, 0.2) is 0 Å². The zero-order valence-corrected chi connectivity index (χ0v) is 12.6. The maximum absolute atomic E-state index is 12.1. The van der Waals surface area contributed by atoms with Crippen molar-refractivity contribution in [2.45, 2.75) is 31.1 Å². The van der Waals surface area contributed by atoms with E-state index in [0.29, 0.717) is 12.8 Å². The van der Waals surface area contributed by atoms with Gasteiger partial charge in [-0.2, -0.15) is 5.26 Å². The summed E-state index contributed by atoms with van der Waals surface area (Å²) in [7, 11) is -3.72. The number of hydrogen-bond donors (Lipinski definition) is 2. The summed E-state index contributed by atoms with van der Waals surface area (Å²) in [5.41, 5.74) is 0.101. The van der Waals surface area contributed by atoms with Crippen LogP contribution in [-0.4, -0.2) is 26.0 Å². The van der Waals surface area contributed by atoms with E-state index >= 15 is 0 Å². The molecule has 1 atom stereocenters. The zero-order chi connectivity index (χ0) is 15.9. The molecule has 1 aromatic carbocycles. The van der Waals surface area contributed by atoms with E-state index in [1.807, 2.05) is 13.0 Å². The summed E-state index contributed by atoms with van der Waals surface area (Å²) in [6.07, 6.45) is 1.12. The van der Waals surface area contributed by atoms with Crippen LogP contribution in [0, 0.1) is 17.2 Å². The van der Waals surface area contributed by atoms with Crippen molar-refractivity contribution < 1.29 is 18.3 Å². The summed E-state index contributed by atoms with van der Waals surface area (Å²) < 4.78 is 26.6. The SMILES string of the molecule is CC(CCNS(=O)(=O)c1ccccc1C#N)CCC(=O)O. The number of sulfonamides is 1. The lowest BCUT2D eigenvalue weighted by Gasteiger charge is -2.11. The number of benzene rings is 1. The van der Waals surface area contributed by atoms with Crippen molar-refractivity contribution in [3.8, 4) is 6.07 Å². The monoisotopic (exact) mass is 310 g/mol. The molecule has 0 saturated heterocycles. The van der Waals surface area contributed by atoms with Crippen molar-refractivity contribution in [1.29, 1.82) is 5.26 Å². The molecular formula is C14H18N2O4S. The Hall–Kier alpha value is -1.91. The molecule has 7 heteroatoms. The first-order valence-corrected chi connectivity index (χ1v) is 8.05. The number of nitriles is 1. The van der Waals surface area contributed by atoms with Crippen LogP contribution >= 0.6 is 0 Å². The molecular weight excluding hydrogens is 292 g/mol. The summed E-state index contributed by atoms with van der Waals surface area (Å²) in [5, 5.41) is 17.5. The Balaban J connectivity index is 2.58. The van der Waals surface area contributed by atoms with Crippen LogP contribution in [0.25, 0.3) is 0 Å².